The monoisotopic (exact) mass is 366 g/mol. The molecule has 0 N–H and O–H groups in total. The van der Waals surface area contributed by atoms with Gasteiger partial charge >= 0.3 is 5.97 Å². The topological polar surface area (TPSA) is 26.3 Å². The minimum absolute atomic E-state index is 0.0598. The fourth-order valence-electron chi connectivity index (χ4n) is 3.01. The number of halogens is 1. The molecule has 0 radical (unpaired) electrons. The van der Waals surface area contributed by atoms with Crippen molar-refractivity contribution in [3.05, 3.63) is 35.9 Å². The summed E-state index contributed by atoms with van der Waals surface area (Å²) in [6.07, 6.45) is 11.2. The number of alkyl halides is 1. The van der Waals surface area contributed by atoms with E-state index in [4.69, 9.17) is 4.74 Å². The molecule has 0 aromatic heterocycles. The maximum absolute atomic E-state index is 12.1. The largest absolute Gasteiger partial charge is 0.456 e. The lowest BCUT2D eigenvalue weighted by molar-refractivity contribution is -0.149. The normalized spacial score (nSPS) is 26.0. The summed E-state index contributed by atoms with van der Waals surface area (Å²) >= 11 is 3.77. The van der Waals surface area contributed by atoms with Gasteiger partial charge in [0, 0.05) is 6.42 Å². The maximum atomic E-state index is 12.1. The average molecular weight is 367 g/mol. The highest BCUT2D eigenvalue weighted by Crippen LogP contribution is 2.31. The lowest BCUT2D eigenvalue weighted by Gasteiger charge is -2.24. The lowest BCUT2D eigenvalue weighted by atomic mass is 10.0. The summed E-state index contributed by atoms with van der Waals surface area (Å²) in [7, 11) is 0. The quantitative estimate of drug-likeness (QED) is 0.453. The molecule has 0 amide bonds. The van der Waals surface area contributed by atoms with Crippen LogP contribution in [0, 0.1) is 0 Å². The fourth-order valence-corrected chi connectivity index (χ4v) is 3.75. The molecule has 1 aliphatic heterocycles. The molecule has 3 heteroatoms. The van der Waals surface area contributed by atoms with E-state index in [-0.39, 0.29) is 16.9 Å². The van der Waals surface area contributed by atoms with E-state index in [9.17, 15) is 4.79 Å². The van der Waals surface area contributed by atoms with Gasteiger partial charge in [0.2, 0.25) is 0 Å². The van der Waals surface area contributed by atoms with E-state index in [0.717, 1.165) is 24.8 Å². The van der Waals surface area contributed by atoms with Crippen LogP contribution in [0.1, 0.15) is 75.9 Å². The van der Waals surface area contributed by atoms with Gasteiger partial charge in [-0.15, -0.1) is 0 Å². The van der Waals surface area contributed by atoms with Crippen molar-refractivity contribution in [3.8, 4) is 0 Å². The number of benzene rings is 1. The van der Waals surface area contributed by atoms with Gasteiger partial charge in [0.25, 0.3) is 0 Å². The first-order valence-electron chi connectivity index (χ1n) is 8.66. The van der Waals surface area contributed by atoms with E-state index in [0.29, 0.717) is 6.42 Å². The molecule has 0 bridgehead atoms. The van der Waals surface area contributed by atoms with Crippen LogP contribution in [0.15, 0.2) is 30.3 Å². The Kier molecular flexibility index (Phi) is 8.00. The summed E-state index contributed by atoms with van der Waals surface area (Å²) in [4.78, 5) is 12.3. The predicted octanol–water partition coefficient (Wildman–Crippen LogP) is 5.95. The van der Waals surface area contributed by atoms with Crippen LogP contribution < -0.4 is 0 Å². The van der Waals surface area contributed by atoms with E-state index in [2.05, 4.69) is 28.1 Å². The number of rotatable bonds is 1. The first-order valence-corrected chi connectivity index (χ1v) is 9.57. The highest BCUT2D eigenvalue weighted by Gasteiger charge is 2.24. The van der Waals surface area contributed by atoms with Gasteiger partial charge in [0.05, 0.1) is 4.83 Å². The molecular formula is C19H27BrO2. The number of ether oxygens (including phenoxy) is 1. The molecule has 2 nitrogen and oxygen atoms in total. The van der Waals surface area contributed by atoms with Gasteiger partial charge in [-0.25, -0.2) is 0 Å². The summed E-state index contributed by atoms with van der Waals surface area (Å²) < 4.78 is 5.81. The minimum atomic E-state index is -0.170. The molecule has 1 aliphatic rings. The van der Waals surface area contributed by atoms with Crippen LogP contribution in [-0.4, -0.2) is 10.8 Å². The molecule has 1 saturated heterocycles. The summed E-state index contributed by atoms with van der Waals surface area (Å²) in [6.45, 7) is 0. The first kappa shape index (κ1) is 17.5. The second-order valence-corrected chi connectivity index (χ2v) is 7.38. The van der Waals surface area contributed by atoms with Crippen molar-refractivity contribution in [1.29, 1.82) is 0 Å². The Balaban J connectivity index is 2.03. The number of hydrogen-bond donors (Lipinski definition) is 0. The number of carbonyl (C=O) groups excluding carboxylic acids is 1. The van der Waals surface area contributed by atoms with Crippen LogP contribution in [0.25, 0.3) is 0 Å². The van der Waals surface area contributed by atoms with Gasteiger partial charge in [-0.3, -0.25) is 4.79 Å². The molecule has 0 spiro atoms. The SMILES string of the molecule is O=C1CCCCCCCCCC[C@H](Br)[C@H](c2ccccc2)O1. The molecule has 0 saturated carbocycles. The molecular weight excluding hydrogens is 340 g/mol. The Hall–Kier alpha value is -0.830. The Labute approximate surface area is 142 Å². The van der Waals surface area contributed by atoms with Gasteiger partial charge in [-0.05, 0) is 18.4 Å². The van der Waals surface area contributed by atoms with Crippen LogP contribution in [0.5, 0.6) is 0 Å². The number of cyclic esters (lactones) is 1. The first-order chi connectivity index (χ1) is 10.8. The molecule has 2 rings (SSSR count). The Morgan fingerprint density at radius 3 is 2.14 bits per heavy atom. The van der Waals surface area contributed by atoms with Crippen molar-refractivity contribution >= 4 is 21.9 Å². The Morgan fingerprint density at radius 2 is 1.45 bits per heavy atom. The number of hydrogen-bond acceptors (Lipinski definition) is 2. The Bertz CT molecular complexity index is 432. The average Bonchev–Trinajstić information content (AvgIpc) is 2.54. The van der Waals surface area contributed by atoms with Crippen LogP contribution >= 0.6 is 15.9 Å². The van der Waals surface area contributed by atoms with E-state index in [1.165, 1.54) is 38.5 Å². The second kappa shape index (κ2) is 10.0. The zero-order chi connectivity index (χ0) is 15.6. The van der Waals surface area contributed by atoms with E-state index in [1.807, 2.05) is 18.2 Å². The molecule has 1 fully saturated rings. The molecule has 1 aromatic rings. The fraction of sp³-hybridized carbons (Fsp3) is 0.632. The summed E-state index contributed by atoms with van der Waals surface area (Å²) in [5.74, 6) is -0.0598. The van der Waals surface area contributed by atoms with E-state index in [1.54, 1.807) is 0 Å². The smallest absolute Gasteiger partial charge is 0.306 e. The van der Waals surface area contributed by atoms with Gasteiger partial charge in [0.15, 0.2) is 0 Å². The van der Waals surface area contributed by atoms with Crippen LogP contribution in [0.4, 0.5) is 0 Å². The number of esters is 1. The van der Waals surface area contributed by atoms with Crippen LogP contribution in [0.2, 0.25) is 0 Å². The Morgan fingerprint density at radius 1 is 0.864 bits per heavy atom. The molecule has 1 aromatic carbocycles. The van der Waals surface area contributed by atoms with Crippen molar-refractivity contribution < 1.29 is 9.53 Å². The van der Waals surface area contributed by atoms with Crippen LogP contribution in [-0.2, 0) is 9.53 Å². The highest BCUT2D eigenvalue weighted by atomic mass is 79.9. The van der Waals surface area contributed by atoms with Gasteiger partial charge in [0.1, 0.15) is 6.10 Å². The minimum Gasteiger partial charge on any atom is -0.456 e. The van der Waals surface area contributed by atoms with Crippen molar-refractivity contribution in [3.63, 3.8) is 0 Å². The van der Waals surface area contributed by atoms with E-state index < -0.39 is 0 Å². The summed E-state index contributed by atoms with van der Waals surface area (Å²) in [5.41, 5.74) is 1.09. The second-order valence-electron chi connectivity index (χ2n) is 6.20. The third kappa shape index (κ3) is 6.12. The zero-order valence-electron chi connectivity index (χ0n) is 13.3. The summed E-state index contributed by atoms with van der Waals surface area (Å²) in [6, 6.07) is 10.1. The molecule has 22 heavy (non-hydrogen) atoms. The van der Waals surface area contributed by atoms with Gasteiger partial charge in [-0.1, -0.05) is 91.2 Å². The highest BCUT2D eigenvalue weighted by molar-refractivity contribution is 9.09. The third-order valence-corrected chi connectivity index (χ3v) is 5.26. The molecule has 1 heterocycles. The lowest BCUT2D eigenvalue weighted by Crippen LogP contribution is -2.20. The van der Waals surface area contributed by atoms with Crippen molar-refractivity contribution in [2.24, 2.45) is 0 Å². The molecule has 0 unspecified atom stereocenters. The van der Waals surface area contributed by atoms with Crippen molar-refractivity contribution in [2.75, 3.05) is 0 Å². The molecule has 0 aliphatic carbocycles. The molecule has 2 atom stereocenters. The standard InChI is InChI=1S/C19H27BrO2/c20-17-14-10-5-3-1-2-4-6-11-15-18(21)22-19(17)16-12-8-7-9-13-16/h7-9,12-13,17,19H,1-6,10-11,14-15H2/t17-,19-/m0/s1. The van der Waals surface area contributed by atoms with Crippen molar-refractivity contribution in [2.45, 2.75) is 75.1 Å². The zero-order valence-corrected chi connectivity index (χ0v) is 14.9. The van der Waals surface area contributed by atoms with Crippen LogP contribution in [0.3, 0.4) is 0 Å². The number of carbonyl (C=O) groups is 1. The van der Waals surface area contributed by atoms with Gasteiger partial charge in [-0.2, -0.15) is 0 Å². The van der Waals surface area contributed by atoms with Gasteiger partial charge < -0.3 is 4.74 Å². The molecule has 122 valence electrons. The van der Waals surface area contributed by atoms with Crippen molar-refractivity contribution in [1.82, 2.24) is 0 Å². The maximum Gasteiger partial charge on any atom is 0.306 e. The predicted molar refractivity (Wildman–Crippen MR) is 94.2 cm³/mol. The third-order valence-electron chi connectivity index (χ3n) is 4.33. The summed E-state index contributed by atoms with van der Waals surface area (Å²) in [5, 5.41) is 0. The van der Waals surface area contributed by atoms with E-state index >= 15 is 0 Å².